The number of amides is 1. The smallest absolute Gasteiger partial charge is 0.275 e. The van der Waals surface area contributed by atoms with Crippen molar-refractivity contribution in [1.82, 2.24) is 9.55 Å². The molecule has 0 radical (unpaired) electrons. The molecule has 2 N–H and O–H groups in total. The van der Waals surface area contributed by atoms with Crippen LogP contribution in [0.1, 0.15) is 23.0 Å². The highest BCUT2D eigenvalue weighted by Gasteiger charge is 2.17. The van der Waals surface area contributed by atoms with Gasteiger partial charge in [0.25, 0.3) is 5.91 Å². The first-order valence-corrected chi connectivity index (χ1v) is 6.68. The Labute approximate surface area is 126 Å². The van der Waals surface area contributed by atoms with Gasteiger partial charge in [-0.3, -0.25) is 4.79 Å². The molecule has 1 amide bonds. The van der Waals surface area contributed by atoms with E-state index in [2.05, 4.69) is 10.3 Å². The van der Waals surface area contributed by atoms with Gasteiger partial charge in [0.1, 0.15) is 5.69 Å². The number of phenols is 1. The molecule has 0 aliphatic rings. The minimum atomic E-state index is -0.447. The third kappa shape index (κ3) is 2.73. The Morgan fingerprint density at radius 1 is 1.50 bits per heavy atom. The van der Waals surface area contributed by atoms with E-state index in [9.17, 15) is 9.90 Å². The number of halogens is 2. The first kappa shape index (κ1) is 14.7. The lowest BCUT2D eigenvalue weighted by atomic mass is 10.1. The summed E-state index contributed by atoms with van der Waals surface area (Å²) in [6.45, 7) is 1.87. The monoisotopic (exact) mass is 313 g/mol. The summed E-state index contributed by atoms with van der Waals surface area (Å²) in [6.07, 6.45) is 3.66. The SMILES string of the molecule is CCc1c(Cl)cc(NC(=O)c2cn(C)cn2)c(O)c1Cl. The molecule has 0 bridgehead atoms. The highest BCUT2D eigenvalue weighted by molar-refractivity contribution is 6.37. The Morgan fingerprint density at radius 2 is 2.20 bits per heavy atom. The summed E-state index contributed by atoms with van der Waals surface area (Å²) in [5.41, 5.74) is 1.04. The second-order valence-corrected chi connectivity index (χ2v) is 5.06. The molecule has 1 heterocycles. The highest BCUT2D eigenvalue weighted by atomic mass is 35.5. The van der Waals surface area contributed by atoms with E-state index in [1.54, 1.807) is 17.8 Å². The van der Waals surface area contributed by atoms with E-state index in [1.165, 1.54) is 12.4 Å². The number of anilines is 1. The molecule has 7 heteroatoms. The molecule has 2 aromatic rings. The topological polar surface area (TPSA) is 67.2 Å². The molecular formula is C13H13Cl2N3O2. The number of nitrogens with one attached hydrogen (secondary N) is 1. The lowest BCUT2D eigenvalue weighted by Gasteiger charge is -2.12. The van der Waals surface area contributed by atoms with Gasteiger partial charge >= 0.3 is 0 Å². The lowest BCUT2D eigenvalue weighted by molar-refractivity contribution is 0.102. The van der Waals surface area contributed by atoms with Crippen molar-refractivity contribution in [2.24, 2.45) is 7.05 Å². The maximum Gasteiger partial charge on any atom is 0.275 e. The maximum atomic E-state index is 12.0. The summed E-state index contributed by atoms with van der Waals surface area (Å²) in [5, 5.41) is 13.1. The Kier molecular flexibility index (Phi) is 4.20. The van der Waals surface area contributed by atoms with Crippen molar-refractivity contribution < 1.29 is 9.90 Å². The number of carbonyl (C=O) groups excluding carboxylic acids is 1. The number of aromatic nitrogens is 2. The predicted molar refractivity (Wildman–Crippen MR) is 78.7 cm³/mol. The van der Waals surface area contributed by atoms with E-state index in [0.717, 1.165) is 0 Å². The Balaban J connectivity index is 2.32. The molecule has 1 aromatic heterocycles. The third-order valence-electron chi connectivity index (χ3n) is 2.83. The molecule has 0 saturated heterocycles. The summed E-state index contributed by atoms with van der Waals surface area (Å²) in [6, 6.07) is 1.47. The van der Waals surface area contributed by atoms with Crippen molar-refractivity contribution in [3.8, 4) is 5.75 Å². The quantitative estimate of drug-likeness (QED) is 0.855. The van der Waals surface area contributed by atoms with Gasteiger partial charge in [0.2, 0.25) is 0 Å². The number of hydrogen-bond donors (Lipinski definition) is 2. The Bertz CT molecular complexity index is 668. The van der Waals surface area contributed by atoms with Gasteiger partial charge in [-0.05, 0) is 18.1 Å². The van der Waals surface area contributed by atoms with Gasteiger partial charge in [-0.1, -0.05) is 30.1 Å². The van der Waals surface area contributed by atoms with Crippen LogP contribution in [0.15, 0.2) is 18.6 Å². The number of hydrogen-bond acceptors (Lipinski definition) is 3. The van der Waals surface area contributed by atoms with E-state index in [1.807, 2.05) is 6.92 Å². The number of aromatic hydroxyl groups is 1. The zero-order valence-electron chi connectivity index (χ0n) is 10.9. The molecule has 0 fully saturated rings. The molecule has 0 aliphatic carbocycles. The summed E-state index contributed by atoms with van der Waals surface area (Å²) >= 11 is 12.1. The zero-order chi connectivity index (χ0) is 14.9. The normalized spacial score (nSPS) is 10.6. The van der Waals surface area contributed by atoms with Gasteiger partial charge in [0.15, 0.2) is 5.75 Å². The van der Waals surface area contributed by atoms with Crippen LogP contribution in [0.3, 0.4) is 0 Å². The molecule has 0 aliphatic heterocycles. The molecule has 20 heavy (non-hydrogen) atoms. The van der Waals surface area contributed by atoms with E-state index in [-0.39, 0.29) is 22.2 Å². The van der Waals surface area contributed by atoms with Crippen LogP contribution in [0, 0.1) is 0 Å². The van der Waals surface area contributed by atoms with E-state index < -0.39 is 5.91 Å². The summed E-state index contributed by atoms with van der Waals surface area (Å²) in [5.74, 6) is -0.644. The Morgan fingerprint density at radius 3 is 2.75 bits per heavy atom. The van der Waals surface area contributed by atoms with Gasteiger partial charge < -0.3 is 15.0 Å². The fourth-order valence-electron chi connectivity index (χ4n) is 1.78. The molecule has 0 spiro atoms. The number of rotatable bonds is 3. The highest BCUT2D eigenvalue weighted by Crippen LogP contribution is 2.39. The van der Waals surface area contributed by atoms with Gasteiger partial charge in [0, 0.05) is 18.3 Å². The van der Waals surface area contributed by atoms with Crippen LogP contribution in [0.2, 0.25) is 10.0 Å². The van der Waals surface area contributed by atoms with Crippen LogP contribution >= 0.6 is 23.2 Å². The average molecular weight is 314 g/mol. The van der Waals surface area contributed by atoms with Crippen molar-refractivity contribution in [1.29, 1.82) is 0 Å². The van der Waals surface area contributed by atoms with E-state index >= 15 is 0 Å². The van der Waals surface area contributed by atoms with Crippen LogP contribution in [0.5, 0.6) is 5.75 Å². The second-order valence-electron chi connectivity index (χ2n) is 4.28. The molecule has 106 valence electrons. The second kappa shape index (κ2) is 5.73. The Hall–Kier alpha value is -1.72. The summed E-state index contributed by atoms with van der Waals surface area (Å²) < 4.78 is 1.65. The largest absolute Gasteiger partial charge is 0.504 e. The van der Waals surface area contributed by atoms with Gasteiger partial charge in [-0.2, -0.15) is 0 Å². The minimum absolute atomic E-state index is 0.149. The molecule has 5 nitrogen and oxygen atoms in total. The maximum absolute atomic E-state index is 12.0. The van der Waals surface area contributed by atoms with Crippen LogP contribution in [0.4, 0.5) is 5.69 Å². The molecule has 0 atom stereocenters. The first-order valence-electron chi connectivity index (χ1n) is 5.93. The van der Waals surface area contributed by atoms with Crippen LogP contribution in [-0.4, -0.2) is 20.6 Å². The fraction of sp³-hybridized carbons (Fsp3) is 0.231. The summed E-state index contributed by atoms with van der Waals surface area (Å²) in [7, 11) is 1.75. The van der Waals surface area contributed by atoms with Crippen LogP contribution in [-0.2, 0) is 13.5 Å². The number of phenolic OH excluding ortho intramolecular Hbond substituents is 1. The third-order valence-corrected chi connectivity index (χ3v) is 3.57. The van der Waals surface area contributed by atoms with Crippen molar-refractivity contribution in [2.75, 3.05) is 5.32 Å². The lowest BCUT2D eigenvalue weighted by Crippen LogP contribution is -2.12. The number of benzene rings is 1. The van der Waals surface area contributed by atoms with Crippen LogP contribution in [0.25, 0.3) is 0 Å². The molecule has 2 rings (SSSR count). The van der Waals surface area contributed by atoms with Gasteiger partial charge in [0.05, 0.1) is 17.0 Å². The van der Waals surface area contributed by atoms with Crippen molar-refractivity contribution >= 4 is 34.8 Å². The van der Waals surface area contributed by atoms with Gasteiger partial charge in [-0.25, -0.2) is 4.98 Å². The van der Waals surface area contributed by atoms with Crippen molar-refractivity contribution in [2.45, 2.75) is 13.3 Å². The zero-order valence-corrected chi connectivity index (χ0v) is 12.5. The van der Waals surface area contributed by atoms with Crippen LogP contribution < -0.4 is 5.32 Å². The van der Waals surface area contributed by atoms with Gasteiger partial charge in [-0.15, -0.1) is 0 Å². The number of carbonyl (C=O) groups is 1. The minimum Gasteiger partial charge on any atom is -0.504 e. The van der Waals surface area contributed by atoms with Crippen molar-refractivity contribution in [3.63, 3.8) is 0 Å². The summed E-state index contributed by atoms with van der Waals surface area (Å²) in [4.78, 5) is 15.9. The first-order chi connectivity index (χ1) is 9.43. The average Bonchev–Trinajstić information content (AvgIpc) is 2.83. The number of aryl methyl sites for hydroxylation is 1. The van der Waals surface area contributed by atoms with E-state index in [0.29, 0.717) is 17.0 Å². The molecular weight excluding hydrogens is 301 g/mol. The van der Waals surface area contributed by atoms with Crippen molar-refractivity contribution in [3.05, 3.63) is 39.9 Å². The molecule has 1 aromatic carbocycles. The fourth-order valence-corrected chi connectivity index (χ4v) is 2.51. The van der Waals surface area contributed by atoms with E-state index in [4.69, 9.17) is 23.2 Å². The standard InChI is InChI=1S/C13H13Cl2N3O2/c1-3-7-8(14)4-9(12(19)11(7)15)17-13(20)10-5-18(2)6-16-10/h4-6,19H,3H2,1-2H3,(H,17,20). The predicted octanol–water partition coefficient (Wildman–Crippen LogP) is 3.25. The molecule has 0 unspecified atom stereocenters. The molecule has 0 saturated carbocycles. The number of nitrogens with zero attached hydrogens (tertiary/aromatic N) is 2. The number of imidazole rings is 1.